The predicted octanol–water partition coefficient (Wildman–Crippen LogP) is 3.22. The summed E-state index contributed by atoms with van der Waals surface area (Å²) in [5.74, 6) is 0. The lowest BCUT2D eigenvalue weighted by Crippen LogP contribution is -2.28. The fourth-order valence-electron chi connectivity index (χ4n) is 1.88. The molecule has 2 amide bonds. The summed E-state index contributed by atoms with van der Waals surface area (Å²) in [4.78, 5) is 12.0. The zero-order valence-electron chi connectivity index (χ0n) is 12.6. The topological polar surface area (TPSA) is 87.3 Å². The largest absolute Gasteiger partial charge is 0.334 e. The number of carbonyl (C=O) groups excluding carboxylic acids is 1. The molecule has 0 spiro atoms. The van der Waals surface area contributed by atoms with E-state index >= 15 is 0 Å². The van der Waals surface area contributed by atoms with E-state index < -0.39 is 16.1 Å². The molecule has 0 heterocycles. The lowest BCUT2D eigenvalue weighted by molar-refractivity contribution is 0.251. The molecule has 9 heteroatoms. The van der Waals surface area contributed by atoms with E-state index in [-0.39, 0.29) is 11.4 Å². The average molecular weight is 388 g/mol. The quantitative estimate of drug-likeness (QED) is 0.735. The van der Waals surface area contributed by atoms with Crippen LogP contribution in [0.15, 0.2) is 47.4 Å². The number of amides is 2. The van der Waals surface area contributed by atoms with Crippen molar-refractivity contribution >= 4 is 44.9 Å². The second-order valence-corrected chi connectivity index (χ2v) is 7.52. The van der Waals surface area contributed by atoms with Gasteiger partial charge in [0.15, 0.2) is 0 Å². The van der Waals surface area contributed by atoms with Crippen LogP contribution in [0.5, 0.6) is 0 Å². The van der Waals surface area contributed by atoms with E-state index in [4.69, 9.17) is 23.2 Å². The Hall–Kier alpha value is -1.80. The van der Waals surface area contributed by atoms with Gasteiger partial charge in [-0.2, -0.15) is 0 Å². The third kappa shape index (κ3) is 4.85. The minimum atomic E-state index is -3.53. The Morgan fingerprint density at radius 1 is 1.12 bits per heavy atom. The smallest absolute Gasteiger partial charge is 0.319 e. The Morgan fingerprint density at radius 3 is 2.54 bits per heavy atom. The maximum atomic E-state index is 11.9. The standard InChI is InChI=1S/C15H15Cl2N3O3S/c1-18-24(22,23)12-4-2-3-10(7-12)9-19-15(21)20-14-6-5-11(16)8-13(14)17/h2-8,18H,9H2,1H3,(H2,19,20,21). The number of nitrogens with one attached hydrogen (secondary N) is 3. The van der Waals surface area contributed by atoms with Crippen LogP contribution in [0.25, 0.3) is 0 Å². The Kier molecular flexibility index (Phi) is 6.06. The van der Waals surface area contributed by atoms with Crippen LogP contribution >= 0.6 is 23.2 Å². The fraction of sp³-hybridized carbons (Fsp3) is 0.133. The van der Waals surface area contributed by atoms with Gasteiger partial charge in [0.1, 0.15) is 0 Å². The number of benzene rings is 2. The van der Waals surface area contributed by atoms with Crippen molar-refractivity contribution in [1.82, 2.24) is 10.0 Å². The van der Waals surface area contributed by atoms with Crippen molar-refractivity contribution in [2.24, 2.45) is 0 Å². The van der Waals surface area contributed by atoms with Crippen molar-refractivity contribution < 1.29 is 13.2 Å². The van der Waals surface area contributed by atoms with Gasteiger partial charge in [-0.15, -0.1) is 0 Å². The molecule has 2 aromatic carbocycles. The summed E-state index contributed by atoms with van der Waals surface area (Å²) in [6.45, 7) is 0.157. The molecular weight excluding hydrogens is 373 g/mol. The molecule has 0 aliphatic rings. The summed E-state index contributed by atoms with van der Waals surface area (Å²) < 4.78 is 25.8. The maximum absolute atomic E-state index is 11.9. The zero-order valence-corrected chi connectivity index (χ0v) is 15.0. The molecule has 2 aromatic rings. The molecule has 3 N–H and O–H groups in total. The van der Waals surface area contributed by atoms with E-state index in [1.54, 1.807) is 24.3 Å². The van der Waals surface area contributed by atoms with Gasteiger partial charge in [0.05, 0.1) is 15.6 Å². The number of halogens is 2. The Labute approximate surface area is 150 Å². The molecule has 0 aliphatic heterocycles. The van der Waals surface area contributed by atoms with Gasteiger partial charge in [-0.25, -0.2) is 17.9 Å². The molecule has 6 nitrogen and oxygen atoms in total. The highest BCUT2D eigenvalue weighted by Crippen LogP contribution is 2.25. The van der Waals surface area contributed by atoms with E-state index in [1.807, 2.05) is 0 Å². The van der Waals surface area contributed by atoms with Gasteiger partial charge >= 0.3 is 6.03 Å². The van der Waals surface area contributed by atoms with Crippen molar-refractivity contribution in [3.05, 3.63) is 58.1 Å². The number of urea groups is 1. The molecule has 0 saturated heterocycles. The molecule has 2 rings (SSSR count). The van der Waals surface area contributed by atoms with Crippen molar-refractivity contribution in [1.29, 1.82) is 0 Å². The first-order valence-corrected chi connectivity index (χ1v) is 9.08. The van der Waals surface area contributed by atoms with Crippen LogP contribution in [0.1, 0.15) is 5.56 Å². The minimum absolute atomic E-state index is 0.130. The maximum Gasteiger partial charge on any atom is 0.319 e. The number of carbonyl (C=O) groups is 1. The molecular formula is C15H15Cl2N3O3S. The average Bonchev–Trinajstić information content (AvgIpc) is 2.56. The van der Waals surface area contributed by atoms with Crippen LogP contribution in [-0.2, 0) is 16.6 Å². The van der Waals surface area contributed by atoms with Gasteiger partial charge in [-0.05, 0) is 42.9 Å². The monoisotopic (exact) mass is 387 g/mol. The van der Waals surface area contributed by atoms with Crippen molar-refractivity contribution in [3.8, 4) is 0 Å². The van der Waals surface area contributed by atoms with Crippen LogP contribution in [-0.4, -0.2) is 21.5 Å². The molecule has 0 aliphatic carbocycles. The molecule has 0 radical (unpaired) electrons. The Morgan fingerprint density at radius 2 is 1.88 bits per heavy atom. The molecule has 128 valence electrons. The van der Waals surface area contributed by atoms with Crippen LogP contribution < -0.4 is 15.4 Å². The van der Waals surface area contributed by atoms with E-state index in [0.717, 1.165) is 0 Å². The van der Waals surface area contributed by atoms with Crippen LogP contribution in [0.2, 0.25) is 10.0 Å². The number of hydrogen-bond acceptors (Lipinski definition) is 3. The lowest BCUT2D eigenvalue weighted by atomic mass is 10.2. The summed E-state index contributed by atoms with van der Waals surface area (Å²) in [6.07, 6.45) is 0. The van der Waals surface area contributed by atoms with Crippen molar-refractivity contribution in [2.45, 2.75) is 11.4 Å². The third-order valence-corrected chi connectivity index (χ3v) is 5.07. The highest BCUT2D eigenvalue weighted by atomic mass is 35.5. The van der Waals surface area contributed by atoms with E-state index in [1.165, 1.54) is 25.2 Å². The molecule has 0 saturated carbocycles. The van der Waals surface area contributed by atoms with Gasteiger partial charge in [-0.3, -0.25) is 0 Å². The first-order valence-electron chi connectivity index (χ1n) is 6.84. The third-order valence-electron chi connectivity index (χ3n) is 3.11. The molecule has 0 unspecified atom stereocenters. The van der Waals surface area contributed by atoms with Gasteiger partial charge < -0.3 is 10.6 Å². The van der Waals surface area contributed by atoms with Crippen LogP contribution in [0, 0.1) is 0 Å². The first kappa shape index (κ1) is 18.5. The normalized spacial score (nSPS) is 11.1. The molecule has 0 bridgehead atoms. The van der Waals surface area contributed by atoms with Gasteiger partial charge in [0.2, 0.25) is 10.0 Å². The highest BCUT2D eigenvalue weighted by Gasteiger charge is 2.12. The molecule has 24 heavy (non-hydrogen) atoms. The zero-order chi connectivity index (χ0) is 17.7. The fourth-order valence-corrected chi connectivity index (χ4v) is 3.14. The summed E-state index contributed by atoms with van der Waals surface area (Å²) in [6, 6.07) is 10.5. The summed E-state index contributed by atoms with van der Waals surface area (Å²) in [5.41, 5.74) is 1.06. The SMILES string of the molecule is CNS(=O)(=O)c1cccc(CNC(=O)Nc2ccc(Cl)cc2Cl)c1. The summed E-state index contributed by atoms with van der Waals surface area (Å²) in [7, 11) is -2.19. The second kappa shape index (κ2) is 7.85. The minimum Gasteiger partial charge on any atom is -0.334 e. The molecule has 0 fully saturated rings. The van der Waals surface area contributed by atoms with Gasteiger partial charge in [-0.1, -0.05) is 35.3 Å². The van der Waals surface area contributed by atoms with Gasteiger partial charge in [0, 0.05) is 11.6 Å². The van der Waals surface area contributed by atoms with Crippen molar-refractivity contribution in [2.75, 3.05) is 12.4 Å². The second-order valence-electron chi connectivity index (χ2n) is 4.79. The Bertz CT molecular complexity index is 857. The molecule has 0 aromatic heterocycles. The summed E-state index contributed by atoms with van der Waals surface area (Å²) in [5, 5.41) is 6.01. The van der Waals surface area contributed by atoms with E-state index in [2.05, 4.69) is 15.4 Å². The van der Waals surface area contributed by atoms with Gasteiger partial charge in [0.25, 0.3) is 0 Å². The predicted molar refractivity (Wildman–Crippen MR) is 95.0 cm³/mol. The van der Waals surface area contributed by atoms with Crippen LogP contribution in [0.4, 0.5) is 10.5 Å². The number of sulfonamides is 1. The number of hydrogen-bond donors (Lipinski definition) is 3. The number of anilines is 1. The van der Waals surface area contributed by atoms with E-state index in [9.17, 15) is 13.2 Å². The first-order chi connectivity index (χ1) is 11.3. The molecule has 0 atom stereocenters. The summed E-state index contributed by atoms with van der Waals surface area (Å²) >= 11 is 11.8. The van der Waals surface area contributed by atoms with Crippen molar-refractivity contribution in [3.63, 3.8) is 0 Å². The van der Waals surface area contributed by atoms with Crippen LogP contribution in [0.3, 0.4) is 0 Å². The number of rotatable bonds is 5. The lowest BCUT2D eigenvalue weighted by Gasteiger charge is -2.10. The Balaban J connectivity index is 2.00. The highest BCUT2D eigenvalue weighted by molar-refractivity contribution is 7.89. The van der Waals surface area contributed by atoms with E-state index in [0.29, 0.717) is 21.3 Å².